The van der Waals surface area contributed by atoms with E-state index in [1.54, 1.807) is 37.9 Å². The van der Waals surface area contributed by atoms with E-state index in [2.05, 4.69) is 5.32 Å². The fourth-order valence-corrected chi connectivity index (χ4v) is 3.32. The van der Waals surface area contributed by atoms with E-state index in [0.29, 0.717) is 25.2 Å². The van der Waals surface area contributed by atoms with Crippen molar-refractivity contribution in [1.82, 2.24) is 10.3 Å². The zero-order chi connectivity index (χ0) is 24.0. The smallest absolute Gasteiger partial charge is 0.408 e. The SMILES string of the molecule is CC(C)(C)OC(=O)NCC(=O)N1CCCN1c1ccc(F)c(C(=O)OCc2ccccc2)c1. The second-order valence-corrected chi connectivity index (χ2v) is 8.57. The molecule has 33 heavy (non-hydrogen) atoms. The molecule has 0 bridgehead atoms. The van der Waals surface area contributed by atoms with E-state index in [1.165, 1.54) is 23.2 Å². The van der Waals surface area contributed by atoms with Gasteiger partial charge in [0.15, 0.2) is 0 Å². The van der Waals surface area contributed by atoms with Gasteiger partial charge in [0.05, 0.1) is 11.3 Å². The second-order valence-electron chi connectivity index (χ2n) is 8.57. The normalized spacial score (nSPS) is 13.6. The Labute approximate surface area is 192 Å². The topological polar surface area (TPSA) is 88.2 Å². The average Bonchev–Trinajstić information content (AvgIpc) is 3.26. The van der Waals surface area contributed by atoms with Crippen molar-refractivity contribution in [2.75, 3.05) is 24.6 Å². The molecule has 0 unspecified atom stereocenters. The molecule has 1 aliphatic rings. The van der Waals surface area contributed by atoms with Crippen molar-refractivity contribution in [2.45, 2.75) is 39.4 Å². The first kappa shape index (κ1) is 24.0. The lowest BCUT2D eigenvalue weighted by Gasteiger charge is -2.30. The molecule has 0 aliphatic carbocycles. The van der Waals surface area contributed by atoms with Crippen molar-refractivity contribution >= 4 is 23.7 Å². The number of carbonyl (C=O) groups excluding carboxylic acids is 3. The van der Waals surface area contributed by atoms with Gasteiger partial charge in [-0.3, -0.25) is 14.8 Å². The van der Waals surface area contributed by atoms with Crippen molar-refractivity contribution in [3.63, 3.8) is 0 Å². The summed E-state index contributed by atoms with van der Waals surface area (Å²) in [4.78, 5) is 37.0. The minimum atomic E-state index is -0.790. The molecule has 1 heterocycles. The maximum Gasteiger partial charge on any atom is 0.408 e. The molecule has 1 saturated heterocycles. The number of nitrogens with zero attached hydrogens (tertiary/aromatic N) is 2. The highest BCUT2D eigenvalue weighted by atomic mass is 19.1. The average molecular weight is 458 g/mol. The van der Waals surface area contributed by atoms with Gasteiger partial charge >= 0.3 is 12.1 Å². The first-order valence-electron chi connectivity index (χ1n) is 10.7. The molecule has 1 fully saturated rings. The van der Waals surface area contributed by atoms with Gasteiger partial charge in [-0.1, -0.05) is 30.3 Å². The summed E-state index contributed by atoms with van der Waals surface area (Å²) in [6, 6.07) is 13.1. The highest BCUT2D eigenvalue weighted by Crippen LogP contribution is 2.25. The molecule has 0 saturated carbocycles. The van der Waals surface area contributed by atoms with Crippen molar-refractivity contribution in [1.29, 1.82) is 0 Å². The van der Waals surface area contributed by atoms with Crippen LogP contribution in [0.2, 0.25) is 0 Å². The van der Waals surface area contributed by atoms with Crippen LogP contribution in [0.1, 0.15) is 43.1 Å². The molecule has 3 rings (SSSR count). The summed E-state index contributed by atoms with van der Waals surface area (Å²) in [7, 11) is 0. The summed E-state index contributed by atoms with van der Waals surface area (Å²) in [5, 5.41) is 5.57. The maximum atomic E-state index is 14.4. The number of hydrazine groups is 1. The van der Waals surface area contributed by atoms with Gasteiger partial charge in [-0.2, -0.15) is 0 Å². The number of hydrogen-bond acceptors (Lipinski definition) is 6. The van der Waals surface area contributed by atoms with Crippen LogP contribution in [0.3, 0.4) is 0 Å². The van der Waals surface area contributed by atoms with Crippen LogP contribution >= 0.6 is 0 Å². The third-order valence-electron chi connectivity index (χ3n) is 4.78. The monoisotopic (exact) mass is 457 g/mol. The van der Waals surface area contributed by atoms with E-state index in [-0.39, 0.29) is 24.6 Å². The quantitative estimate of drug-likeness (QED) is 0.666. The van der Waals surface area contributed by atoms with Crippen LogP contribution in [0.5, 0.6) is 0 Å². The molecule has 2 amide bonds. The van der Waals surface area contributed by atoms with Crippen LogP contribution in [0.25, 0.3) is 0 Å². The molecular weight excluding hydrogens is 429 g/mol. The van der Waals surface area contributed by atoms with Gasteiger partial charge in [-0.05, 0) is 51.0 Å². The number of amides is 2. The third-order valence-corrected chi connectivity index (χ3v) is 4.78. The molecule has 1 N–H and O–H groups in total. The second kappa shape index (κ2) is 10.3. The number of hydrogen-bond donors (Lipinski definition) is 1. The van der Waals surface area contributed by atoms with Crippen LogP contribution < -0.4 is 10.3 Å². The first-order chi connectivity index (χ1) is 15.6. The van der Waals surface area contributed by atoms with Crippen LogP contribution in [0.15, 0.2) is 48.5 Å². The van der Waals surface area contributed by atoms with Gasteiger partial charge in [0.25, 0.3) is 5.91 Å². The largest absolute Gasteiger partial charge is 0.457 e. The van der Waals surface area contributed by atoms with Crippen LogP contribution in [-0.2, 0) is 20.9 Å². The van der Waals surface area contributed by atoms with Crippen LogP contribution in [-0.4, -0.2) is 48.2 Å². The summed E-state index contributed by atoms with van der Waals surface area (Å²) < 4.78 is 24.8. The van der Waals surface area contributed by atoms with Gasteiger partial charge in [-0.15, -0.1) is 0 Å². The Hall–Kier alpha value is -3.62. The number of benzene rings is 2. The van der Waals surface area contributed by atoms with Gasteiger partial charge in [0, 0.05) is 13.1 Å². The molecular formula is C24H28FN3O5. The molecule has 9 heteroatoms. The molecule has 0 spiro atoms. The van der Waals surface area contributed by atoms with Gasteiger partial charge in [0.2, 0.25) is 0 Å². The van der Waals surface area contributed by atoms with Crippen LogP contribution in [0, 0.1) is 5.82 Å². The Kier molecular flexibility index (Phi) is 7.52. The number of alkyl carbamates (subject to hydrolysis) is 1. The third kappa shape index (κ3) is 6.68. The minimum Gasteiger partial charge on any atom is -0.457 e. The number of carbonyl (C=O) groups is 3. The molecule has 0 atom stereocenters. The standard InChI is InChI=1S/C24H28FN3O5/c1-24(2,3)33-23(31)26-15-21(29)28-13-7-12-27(28)18-10-11-20(25)19(14-18)22(30)32-16-17-8-5-4-6-9-17/h4-6,8-11,14H,7,12-13,15-16H2,1-3H3,(H,26,31). The van der Waals surface area contributed by atoms with Gasteiger partial charge in [0.1, 0.15) is 24.6 Å². The minimum absolute atomic E-state index is 0.0218. The Bertz CT molecular complexity index is 1010. The van der Waals surface area contributed by atoms with Gasteiger partial charge < -0.3 is 14.8 Å². The zero-order valence-corrected chi connectivity index (χ0v) is 19.0. The fourth-order valence-electron chi connectivity index (χ4n) is 3.32. The number of anilines is 1. The first-order valence-corrected chi connectivity index (χ1v) is 10.7. The summed E-state index contributed by atoms with van der Waals surface area (Å²) in [5.41, 5.74) is 0.379. The molecule has 8 nitrogen and oxygen atoms in total. The molecule has 2 aromatic carbocycles. The lowest BCUT2D eigenvalue weighted by atomic mass is 10.2. The van der Waals surface area contributed by atoms with E-state index in [4.69, 9.17) is 9.47 Å². The van der Waals surface area contributed by atoms with E-state index in [1.807, 2.05) is 18.2 Å². The Morgan fingerprint density at radius 1 is 1.06 bits per heavy atom. The van der Waals surface area contributed by atoms with Crippen LogP contribution in [0.4, 0.5) is 14.9 Å². The molecule has 0 radical (unpaired) electrons. The summed E-state index contributed by atoms with van der Waals surface area (Å²) >= 11 is 0. The lowest BCUT2D eigenvalue weighted by molar-refractivity contribution is -0.129. The van der Waals surface area contributed by atoms with E-state index >= 15 is 0 Å². The van der Waals surface area contributed by atoms with Crippen molar-refractivity contribution in [3.8, 4) is 0 Å². The van der Waals surface area contributed by atoms with Crippen molar-refractivity contribution in [3.05, 3.63) is 65.5 Å². The molecule has 2 aromatic rings. The van der Waals surface area contributed by atoms with Crippen molar-refractivity contribution < 1.29 is 28.2 Å². The van der Waals surface area contributed by atoms with Crippen molar-refractivity contribution in [2.24, 2.45) is 0 Å². The Balaban J connectivity index is 1.66. The maximum absolute atomic E-state index is 14.4. The number of halogens is 1. The Morgan fingerprint density at radius 2 is 1.79 bits per heavy atom. The van der Waals surface area contributed by atoms with E-state index in [9.17, 15) is 18.8 Å². The number of ether oxygens (including phenoxy) is 2. The summed E-state index contributed by atoms with van der Waals surface area (Å²) in [5.74, 6) is -1.85. The van der Waals surface area contributed by atoms with E-state index < -0.39 is 23.5 Å². The van der Waals surface area contributed by atoms with E-state index in [0.717, 1.165) is 5.56 Å². The predicted octanol–water partition coefficient (Wildman–Crippen LogP) is 3.66. The number of esters is 1. The summed E-state index contributed by atoms with van der Waals surface area (Å²) in [6.07, 6.45) is -0.00425. The molecule has 176 valence electrons. The molecule has 1 aliphatic heterocycles. The fraction of sp³-hybridized carbons (Fsp3) is 0.375. The lowest BCUT2D eigenvalue weighted by Crippen LogP contribution is -2.47. The Morgan fingerprint density at radius 3 is 2.48 bits per heavy atom. The summed E-state index contributed by atoms with van der Waals surface area (Å²) in [6.45, 7) is 5.89. The highest BCUT2D eigenvalue weighted by molar-refractivity contribution is 5.91. The highest BCUT2D eigenvalue weighted by Gasteiger charge is 2.29. The number of nitrogens with one attached hydrogen (secondary N) is 1. The predicted molar refractivity (Wildman–Crippen MR) is 120 cm³/mol. The van der Waals surface area contributed by atoms with Gasteiger partial charge in [-0.25, -0.2) is 14.0 Å². The number of rotatable bonds is 6. The zero-order valence-electron chi connectivity index (χ0n) is 19.0. The molecule has 0 aromatic heterocycles.